The molecule has 3 heteroatoms. The van der Waals surface area contributed by atoms with Gasteiger partial charge in [-0.2, -0.15) is 0 Å². The Kier molecular flexibility index (Phi) is 4.62. The molecule has 3 nitrogen and oxygen atoms in total. The monoisotopic (exact) mass is 226 g/mol. The zero-order valence-electron chi connectivity index (χ0n) is 10.5. The molecule has 0 aromatic carbocycles. The van der Waals surface area contributed by atoms with Crippen LogP contribution < -0.4 is 5.32 Å². The van der Waals surface area contributed by atoms with Gasteiger partial charge in [-0.15, -0.1) is 0 Å². The van der Waals surface area contributed by atoms with Crippen molar-refractivity contribution >= 4 is 0 Å². The van der Waals surface area contributed by atoms with E-state index < -0.39 is 0 Å². The molecule has 0 amide bonds. The summed E-state index contributed by atoms with van der Waals surface area (Å²) >= 11 is 0. The minimum absolute atomic E-state index is 0.108. The molecule has 1 aliphatic carbocycles. The Morgan fingerprint density at radius 3 is 2.81 bits per heavy atom. The Bertz CT molecular complexity index is 204. The number of aliphatic hydroxyl groups is 1. The van der Waals surface area contributed by atoms with Crippen molar-refractivity contribution in [3.05, 3.63) is 0 Å². The summed E-state index contributed by atoms with van der Waals surface area (Å²) in [6, 6.07) is 0.576. The first kappa shape index (κ1) is 12.3. The highest BCUT2D eigenvalue weighted by molar-refractivity contribution is 4.79. The second-order valence-corrected chi connectivity index (χ2v) is 5.59. The summed E-state index contributed by atoms with van der Waals surface area (Å²) in [6.07, 6.45) is 6.35. The van der Waals surface area contributed by atoms with Crippen LogP contribution in [0.1, 0.15) is 39.0 Å². The van der Waals surface area contributed by atoms with Gasteiger partial charge in [0.25, 0.3) is 0 Å². The minimum Gasteiger partial charge on any atom is -0.392 e. The van der Waals surface area contributed by atoms with Gasteiger partial charge in [-0.3, -0.25) is 4.90 Å². The van der Waals surface area contributed by atoms with Crippen molar-refractivity contribution in [2.45, 2.75) is 51.2 Å². The molecular weight excluding hydrogens is 200 g/mol. The quantitative estimate of drug-likeness (QED) is 0.756. The van der Waals surface area contributed by atoms with E-state index in [0.717, 1.165) is 38.5 Å². The first-order valence-electron chi connectivity index (χ1n) is 6.88. The molecule has 1 saturated carbocycles. The van der Waals surface area contributed by atoms with Crippen LogP contribution in [0, 0.1) is 5.92 Å². The Balaban J connectivity index is 1.70. The van der Waals surface area contributed by atoms with Crippen molar-refractivity contribution < 1.29 is 5.11 Å². The maximum absolute atomic E-state index is 10.1. The fraction of sp³-hybridized carbons (Fsp3) is 1.00. The predicted molar refractivity (Wildman–Crippen MR) is 66.5 cm³/mol. The van der Waals surface area contributed by atoms with E-state index in [9.17, 15) is 5.11 Å². The molecule has 94 valence electrons. The van der Waals surface area contributed by atoms with Crippen molar-refractivity contribution in [3.63, 3.8) is 0 Å². The summed E-state index contributed by atoms with van der Waals surface area (Å²) in [5.41, 5.74) is 0. The smallest absolute Gasteiger partial charge is 0.0669 e. The Hall–Kier alpha value is -0.120. The van der Waals surface area contributed by atoms with Crippen LogP contribution in [0.5, 0.6) is 0 Å². The van der Waals surface area contributed by atoms with Gasteiger partial charge in [0.2, 0.25) is 0 Å². The molecule has 2 rings (SSSR count). The molecule has 0 aromatic rings. The van der Waals surface area contributed by atoms with Gasteiger partial charge in [0.05, 0.1) is 6.10 Å². The van der Waals surface area contributed by atoms with E-state index >= 15 is 0 Å². The predicted octanol–water partition coefficient (Wildman–Crippen LogP) is 1.22. The third-order valence-electron chi connectivity index (χ3n) is 4.16. The Morgan fingerprint density at radius 1 is 1.38 bits per heavy atom. The fourth-order valence-corrected chi connectivity index (χ4v) is 3.13. The molecule has 2 unspecified atom stereocenters. The highest BCUT2D eigenvalue weighted by Gasteiger charge is 2.23. The summed E-state index contributed by atoms with van der Waals surface area (Å²) in [7, 11) is 0. The second kappa shape index (κ2) is 5.99. The molecule has 2 aliphatic rings. The summed E-state index contributed by atoms with van der Waals surface area (Å²) in [4.78, 5) is 2.43. The normalized spacial score (nSPS) is 30.8. The van der Waals surface area contributed by atoms with E-state index in [4.69, 9.17) is 0 Å². The van der Waals surface area contributed by atoms with Gasteiger partial charge >= 0.3 is 0 Å². The lowest BCUT2D eigenvalue weighted by atomic mass is 9.99. The lowest BCUT2D eigenvalue weighted by Gasteiger charge is -2.35. The molecule has 0 aromatic heterocycles. The molecule has 0 radical (unpaired) electrons. The summed E-state index contributed by atoms with van der Waals surface area (Å²) < 4.78 is 0. The molecule has 1 heterocycles. The number of rotatable bonds is 4. The van der Waals surface area contributed by atoms with E-state index in [-0.39, 0.29) is 6.10 Å². The van der Waals surface area contributed by atoms with Crippen molar-refractivity contribution in [2.75, 3.05) is 26.2 Å². The zero-order chi connectivity index (χ0) is 11.4. The standard InChI is InChI=1S/C13H26N2O/c1-11-9-14-6-7-15(11)10-13(16)8-12-4-2-3-5-12/h11-14,16H,2-10H2,1H3. The van der Waals surface area contributed by atoms with Gasteiger partial charge in [-0.25, -0.2) is 0 Å². The fourth-order valence-electron chi connectivity index (χ4n) is 3.13. The number of nitrogens with one attached hydrogen (secondary N) is 1. The van der Waals surface area contributed by atoms with Gasteiger partial charge in [0, 0.05) is 32.2 Å². The number of β-amino-alcohol motifs (C(OH)–C–C–N with tert-alkyl or cyclic N) is 1. The van der Waals surface area contributed by atoms with Crippen molar-refractivity contribution in [1.82, 2.24) is 10.2 Å². The lowest BCUT2D eigenvalue weighted by molar-refractivity contribution is 0.0643. The molecule has 2 N–H and O–H groups in total. The summed E-state index contributed by atoms with van der Waals surface area (Å²) in [5.74, 6) is 0.799. The van der Waals surface area contributed by atoms with Crippen molar-refractivity contribution in [2.24, 2.45) is 5.92 Å². The van der Waals surface area contributed by atoms with Crippen LogP contribution in [0.4, 0.5) is 0 Å². The number of hydrogen-bond acceptors (Lipinski definition) is 3. The highest BCUT2D eigenvalue weighted by Crippen LogP contribution is 2.28. The van der Waals surface area contributed by atoms with Crippen molar-refractivity contribution in [1.29, 1.82) is 0 Å². The third-order valence-corrected chi connectivity index (χ3v) is 4.16. The number of nitrogens with zero attached hydrogens (tertiary/aromatic N) is 1. The van der Waals surface area contributed by atoms with Crippen LogP contribution in [0.2, 0.25) is 0 Å². The average molecular weight is 226 g/mol. The van der Waals surface area contributed by atoms with Gasteiger partial charge in [-0.05, 0) is 19.3 Å². The van der Waals surface area contributed by atoms with Gasteiger partial charge in [0.15, 0.2) is 0 Å². The molecule has 2 atom stereocenters. The van der Waals surface area contributed by atoms with Crippen LogP contribution in [0.15, 0.2) is 0 Å². The van der Waals surface area contributed by atoms with E-state index in [1.807, 2.05) is 0 Å². The average Bonchev–Trinajstić information content (AvgIpc) is 2.74. The zero-order valence-corrected chi connectivity index (χ0v) is 10.5. The third kappa shape index (κ3) is 3.44. The second-order valence-electron chi connectivity index (χ2n) is 5.59. The highest BCUT2D eigenvalue weighted by atomic mass is 16.3. The molecule has 16 heavy (non-hydrogen) atoms. The lowest BCUT2D eigenvalue weighted by Crippen LogP contribution is -2.52. The van der Waals surface area contributed by atoms with Gasteiger partial charge < -0.3 is 10.4 Å². The van der Waals surface area contributed by atoms with Gasteiger partial charge in [0.1, 0.15) is 0 Å². The summed E-state index contributed by atoms with van der Waals surface area (Å²) in [6.45, 7) is 6.34. The molecule has 0 bridgehead atoms. The maximum atomic E-state index is 10.1. The largest absolute Gasteiger partial charge is 0.392 e. The van der Waals surface area contributed by atoms with Crippen LogP contribution in [0.3, 0.4) is 0 Å². The topological polar surface area (TPSA) is 35.5 Å². The molecule has 0 spiro atoms. The maximum Gasteiger partial charge on any atom is 0.0669 e. The first-order valence-corrected chi connectivity index (χ1v) is 6.88. The number of hydrogen-bond donors (Lipinski definition) is 2. The summed E-state index contributed by atoms with van der Waals surface area (Å²) in [5, 5.41) is 13.5. The molecular formula is C13H26N2O. The number of aliphatic hydroxyl groups excluding tert-OH is 1. The van der Waals surface area contributed by atoms with Crippen molar-refractivity contribution in [3.8, 4) is 0 Å². The minimum atomic E-state index is -0.108. The molecule has 1 aliphatic heterocycles. The molecule has 2 fully saturated rings. The SMILES string of the molecule is CC1CNCCN1CC(O)CC1CCCC1. The Morgan fingerprint density at radius 2 is 2.12 bits per heavy atom. The van der Waals surface area contributed by atoms with Crippen LogP contribution in [0.25, 0.3) is 0 Å². The van der Waals surface area contributed by atoms with Crippen LogP contribution in [-0.4, -0.2) is 48.3 Å². The van der Waals surface area contributed by atoms with E-state index in [1.54, 1.807) is 0 Å². The van der Waals surface area contributed by atoms with E-state index in [0.29, 0.717) is 6.04 Å². The Labute approximate surface area is 99.2 Å². The van der Waals surface area contributed by atoms with E-state index in [1.165, 1.54) is 25.7 Å². The van der Waals surface area contributed by atoms with E-state index in [2.05, 4.69) is 17.1 Å². The molecule has 1 saturated heterocycles. The van der Waals surface area contributed by atoms with Crippen LogP contribution in [-0.2, 0) is 0 Å². The van der Waals surface area contributed by atoms with Crippen LogP contribution >= 0.6 is 0 Å². The first-order chi connectivity index (χ1) is 7.75. The number of piperazine rings is 1. The van der Waals surface area contributed by atoms with Gasteiger partial charge in [-0.1, -0.05) is 25.7 Å².